The van der Waals surface area contributed by atoms with E-state index in [2.05, 4.69) is 20.8 Å². The van der Waals surface area contributed by atoms with Gasteiger partial charge in [-0.05, 0) is 44.0 Å². The Bertz CT molecular complexity index is 686. The van der Waals surface area contributed by atoms with E-state index >= 15 is 0 Å². The van der Waals surface area contributed by atoms with Crippen LogP contribution in [0.15, 0.2) is 28.8 Å². The third-order valence-corrected chi connectivity index (χ3v) is 4.14. The number of carbonyl (C=O) groups is 1. The van der Waals surface area contributed by atoms with Crippen LogP contribution in [-0.4, -0.2) is 36.2 Å². The molecule has 7 nitrogen and oxygen atoms in total. The minimum absolute atomic E-state index is 0. The first-order valence-electron chi connectivity index (χ1n) is 8.19. The molecule has 136 valence electrons. The van der Waals surface area contributed by atoms with Gasteiger partial charge in [0, 0.05) is 6.42 Å². The van der Waals surface area contributed by atoms with Crippen molar-refractivity contribution in [2.24, 2.45) is 5.92 Å². The lowest BCUT2D eigenvalue weighted by Gasteiger charge is -2.08. The average molecular weight is 367 g/mol. The number of nitrogens with zero attached hydrogens (tertiary/aromatic N) is 2. The summed E-state index contributed by atoms with van der Waals surface area (Å²) in [4.78, 5) is 16.4. The fourth-order valence-electron chi connectivity index (χ4n) is 2.84. The summed E-state index contributed by atoms with van der Waals surface area (Å²) in [6.07, 6.45) is 3.06. The molecule has 1 amide bonds. The Morgan fingerprint density at radius 2 is 2.28 bits per heavy atom. The van der Waals surface area contributed by atoms with E-state index in [0.717, 1.165) is 25.9 Å². The molecule has 1 saturated heterocycles. The van der Waals surface area contributed by atoms with E-state index in [-0.39, 0.29) is 24.7 Å². The third-order valence-electron chi connectivity index (χ3n) is 4.14. The van der Waals surface area contributed by atoms with Gasteiger partial charge in [-0.1, -0.05) is 17.3 Å². The summed E-state index contributed by atoms with van der Waals surface area (Å²) in [5, 5.41) is 10.0. The minimum Gasteiger partial charge on any atom is -0.495 e. The van der Waals surface area contributed by atoms with Gasteiger partial charge < -0.3 is 19.9 Å². The summed E-state index contributed by atoms with van der Waals surface area (Å²) in [5.41, 5.74) is 0.627. The van der Waals surface area contributed by atoms with Gasteiger partial charge >= 0.3 is 0 Å². The summed E-state index contributed by atoms with van der Waals surface area (Å²) in [7, 11) is 1.57. The Hall–Kier alpha value is -2.12. The van der Waals surface area contributed by atoms with E-state index in [0.29, 0.717) is 29.1 Å². The number of hydrogen-bond acceptors (Lipinski definition) is 6. The van der Waals surface area contributed by atoms with E-state index in [1.165, 1.54) is 6.42 Å². The van der Waals surface area contributed by atoms with Gasteiger partial charge in [-0.2, -0.15) is 4.98 Å². The Morgan fingerprint density at radius 1 is 1.44 bits per heavy atom. The van der Waals surface area contributed by atoms with E-state index < -0.39 is 0 Å². The molecule has 1 atom stereocenters. The van der Waals surface area contributed by atoms with Gasteiger partial charge in [-0.15, -0.1) is 12.4 Å². The van der Waals surface area contributed by atoms with Crippen molar-refractivity contribution in [2.75, 3.05) is 25.5 Å². The molecule has 0 radical (unpaired) electrons. The lowest BCUT2D eigenvalue weighted by atomic mass is 10.0. The number of methoxy groups -OCH3 is 1. The van der Waals surface area contributed by atoms with Gasteiger partial charge in [0.05, 0.1) is 19.2 Å². The topological polar surface area (TPSA) is 89.3 Å². The maximum Gasteiger partial charge on any atom is 0.232 e. The van der Waals surface area contributed by atoms with Crippen LogP contribution in [0.25, 0.3) is 0 Å². The molecule has 0 bridgehead atoms. The number of hydrogen-bond donors (Lipinski definition) is 2. The Kier molecular flexibility index (Phi) is 7.21. The Labute approximate surface area is 152 Å². The largest absolute Gasteiger partial charge is 0.495 e. The van der Waals surface area contributed by atoms with Crippen LogP contribution >= 0.6 is 12.4 Å². The molecule has 2 aromatic rings. The van der Waals surface area contributed by atoms with Gasteiger partial charge in [0.25, 0.3) is 0 Å². The van der Waals surface area contributed by atoms with E-state index in [4.69, 9.17) is 9.26 Å². The number of aryl methyl sites for hydroxylation is 1. The number of benzene rings is 1. The summed E-state index contributed by atoms with van der Waals surface area (Å²) in [6.45, 7) is 2.14. The first-order valence-corrected chi connectivity index (χ1v) is 8.19. The highest BCUT2D eigenvalue weighted by atomic mass is 35.5. The number of aromatic nitrogens is 2. The number of para-hydroxylation sites is 2. The zero-order valence-electron chi connectivity index (χ0n) is 14.2. The fraction of sp³-hybridized carbons (Fsp3) is 0.471. The molecule has 0 saturated carbocycles. The molecule has 3 rings (SSSR count). The van der Waals surface area contributed by atoms with Crippen LogP contribution in [0, 0.1) is 5.92 Å². The molecule has 1 aliphatic rings. The molecule has 1 aliphatic heterocycles. The van der Waals surface area contributed by atoms with Crippen LogP contribution in [0.4, 0.5) is 5.69 Å². The smallest absolute Gasteiger partial charge is 0.232 e. The van der Waals surface area contributed by atoms with Crippen LogP contribution in [0.5, 0.6) is 5.75 Å². The van der Waals surface area contributed by atoms with E-state index in [1.54, 1.807) is 19.2 Å². The zero-order chi connectivity index (χ0) is 16.8. The number of amides is 1. The highest BCUT2D eigenvalue weighted by Crippen LogP contribution is 2.23. The third kappa shape index (κ3) is 5.44. The van der Waals surface area contributed by atoms with Crippen molar-refractivity contribution >= 4 is 24.0 Å². The summed E-state index contributed by atoms with van der Waals surface area (Å²) >= 11 is 0. The number of rotatable bonds is 7. The highest BCUT2D eigenvalue weighted by Gasteiger charge is 2.17. The van der Waals surface area contributed by atoms with Crippen LogP contribution in [0.3, 0.4) is 0 Å². The standard InChI is InChI=1S/C17H22N4O3.ClH/c1-23-14-5-3-2-4-13(14)19-16(22)10-15-20-17(24-21-15)7-6-12-8-9-18-11-12;/h2-5,12,18H,6-11H2,1H3,(H,19,22);1H. The fourth-order valence-corrected chi connectivity index (χ4v) is 2.84. The van der Waals surface area contributed by atoms with E-state index in [1.807, 2.05) is 12.1 Å². The van der Waals surface area contributed by atoms with Crippen molar-refractivity contribution in [2.45, 2.75) is 25.7 Å². The first-order chi connectivity index (χ1) is 11.7. The predicted molar refractivity (Wildman–Crippen MR) is 96.2 cm³/mol. The number of carbonyl (C=O) groups excluding carboxylic acids is 1. The summed E-state index contributed by atoms with van der Waals surface area (Å²) in [5.74, 6) is 2.09. The van der Waals surface area contributed by atoms with Gasteiger partial charge in [0.1, 0.15) is 5.75 Å². The quantitative estimate of drug-likeness (QED) is 0.781. The normalized spacial score (nSPS) is 16.3. The second-order valence-electron chi connectivity index (χ2n) is 5.93. The van der Waals surface area contributed by atoms with Crippen molar-refractivity contribution in [1.82, 2.24) is 15.5 Å². The SMILES string of the molecule is COc1ccccc1NC(=O)Cc1noc(CCC2CCNC2)n1.Cl. The van der Waals surface area contributed by atoms with E-state index in [9.17, 15) is 4.79 Å². The van der Waals surface area contributed by atoms with Crippen LogP contribution in [-0.2, 0) is 17.6 Å². The van der Waals surface area contributed by atoms with Crippen molar-refractivity contribution < 1.29 is 14.1 Å². The van der Waals surface area contributed by atoms with Gasteiger partial charge in [0.2, 0.25) is 11.8 Å². The lowest BCUT2D eigenvalue weighted by Crippen LogP contribution is -2.15. The minimum atomic E-state index is -0.202. The molecular weight excluding hydrogens is 344 g/mol. The highest BCUT2D eigenvalue weighted by molar-refractivity contribution is 5.93. The van der Waals surface area contributed by atoms with Gasteiger partial charge in [-0.25, -0.2) is 0 Å². The second-order valence-corrected chi connectivity index (χ2v) is 5.93. The predicted octanol–water partition coefficient (Wildman–Crippen LogP) is 2.22. The first kappa shape index (κ1) is 19.2. The van der Waals surface area contributed by atoms with Gasteiger partial charge in [0.15, 0.2) is 5.82 Å². The molecule has 1 aromatic heterocycles. The number of anilines is 1. The molecule has 2 N–H and O–H groups in total. The lowest BCUT2D eigenvalue weighted by molar-refractivity contribution is -0.115. The number of nitrogens with one attached hydrogen (secondary N) is 2. The molecular formula is C17H23ClN4O3. The number of ether oxygens (including phenoxy) is 1. The second kappa shape index (κ2) is 9.39. The maximum atomic E-state index is 12.1. The van der Waals surface area contributed by atoms with Crippen LogP contribution in [0.2, 0.25) is 0 Å². The molecule has 1 aromatic carbocycles. The van der Waals surface area contributed by atoms with Crippen molar-refractivity contribution in [3.8, 4) is 5.75 Å². The van der Waals surface area contributed by atoms with Crippen molar-refractivity contribution in [1.29, 1.82) is 0 Å². The molecule has 1 unspecified atom stereocenters. The van der Waals surface area contributed by atoms with Crippen LogP contribution < -0.4 is 15.4 Å². The maximum absolute atomic E-state index is 12.1. The molecule has 8 heteroatoms. The Morgan fingerprint density at radius 3 is 3.04 bits per heavy atom. The van der Waals surface area contributed by atoms with Crippen LogP contribution in [0.1, 0.15) is 24.6 Å². The Balaban J connectivity index is 0.00000225. The molecule has 1 fully saturated rings. The zero-order valence-corrected chi connectivity index (χ0v) is 15.0. The summed E-state index contributed by atoms with van der Waals surface area (Å²) < 4.78 is 10.4. The van der Waals surface area contributed by atoms with Crippen molar-refractivity contribution in [3.05, 3.63) is 36.0 Å². The molecule has 0 aliphatic carbocycles. The average Bonchev–Trinajstić information content (AvgIpc) is 3.25. The summed E-state index contributed by atoms with van der Waals surface area (Å²) in [6, 6.07) is 7.26. The van der Waals surface area contributed by atoms with Gasteiger partial charge in [-0.3, -0.25) is 4.79 Å². The molecule has 25 heavy (non-hydrogen) atoms. The monoisotopic (exact) mass is 366 g/mol. The number of halogens is 1. The van der Waals surface area contributed by atoms with Crippen molar-refractivity contribution in [3.63, 3.8) is 0 Å². The molecule has 0 spiro atoms. The molecule has 2 heterocycles.